The van der Waals surface area contributed by atoms with Crippen LogP contribution in [0.25, 0.3) is 5.52 Å². The van der Waals surface area contributed by atoms with E-state index < -0.39 is 11.6 Å². The summed E-state index contributed by atoms with van der Waals surface area (Å²) in [6.07, 6.45) is 8.06. The minimum Gasteiger partial charge on any atom is -0.489 e. The number of nitrogens with zero attached hydrogens (tertiary/aromatic N) is 3. The van der Waals surface area contributed by atoms with Crippen molar-refractivity contribution < 1.29 is 28.9 Å². The van der Waals surface area contributed by atoms with Crippen molar-refractivity contribution in [2.24, 2.45) is 0 Å². The normalized spacial score (nSPS) is 19.8. The highest BCUT2D eigenvalue weighted by Crippen LogP contribution is 2.45. The van der Waals surface area contributed by atoms with Crippen molar-refractivity contribution in [2.45, 2.75) is 83.0 Å². The Hall–Kier alpha value is -3.60. The minimum absolute atomic E-state index is 0.00249. The maximum Gasteiger partial charge on any atom is 0.345 e. The average molecular weight is 526 g/mol. The van der Waals surface area contributed by atoms with Gasteiger partial charge in [-0.05, 0) is 71.4 Å². The lowest BCUT2D eigenvalue weighted by molar-refractivity contribution is 0.0279. The maximum absolute atomic E-state index is 13.2. The van der Waals surface area contributed by atoms with Crippen LogP contribution in [0.1, 0.15) is 91.8 Å². The quantitative estimate of drug-likeness (QED) is 0.342. The van der Waals surface area contributed by atoms with Gasteiger partial charge in [0.15, 0.2) is 5.69 Å². The minimum atomic E-state index is -0.943. The Morgan fingerprint density at radius 2 is 1.95 bits per heavy atom. The second-order valence-electron chi connectivity index (χ2n) is 10.7. The van der Waals surface area contributed by atoms with Crippen molar-refractivity contribution >= 4 is 17.4 Å². The van der Waals surface area contributed by atoms with Crippen LogP contribution in [0.5, 0.6) is 11.6 Å². The Balaban J connectivity index is 1.21. The third-order valence-electron chi connectivity index (χ3n) is 6.86. The molecule has 0 aromatic carbocycles. The summed E-state index contributed by atoms with van der Waals surface area (Å²) in [6.45, 7) is 5.62. The lowest BCUT2D eigenvalue weighted by Gasteiger charge is -2.29. The van der Waals surface area contributed by atoms with Gasteiger partial charge in [0.2, 0.25) is 5.88 Å². The molecule has 2 fully saturated rings. The maximum atomic E-state index is 13.2. The molecular weight excluding hydrogens is 490 g/mol. The fourth-order valence-electron chi connectivity index (χ4n) is 4.84. The molecule has 38 heavy (non-hydrogen) atoms. The largest absolute Gasteiger partial charge is 0.489 e. The Labute approximate surface area is 220 Å². The number of aromatic amines is 1. The van der Waals surface area contributed by atoms with E-state index in [-0.39, 0.29) is 36.8 Å². The second-order valence-corrected chi connectivity index (χ2v) is 10.7. The number of pyridine rings is 1. The van der Waals surface area contributed by atoms with E-state index >= 15 is 0 Å². The van der Waals surface area contributed by atoms with Gasteiger partial charge in [-0.2, -0.15) is 5.10 Å². The predicted molar refractivity (Wildman–Crippen MR) is 138 cm³/mol. The molecule has 204 valence electrons. The third-order valence-corrected chi connectivity index (χ3v) is 6.86. The zero-order valence-electron chi connectivity index (χ0n) is 22.0. The van der Waals surface area contributed by atoms with Crippen molar-refractivity contribution in [3.8, 4) is 11.6 Å². The zero-order valence-corrected chi connectivity index (χ0v) is 22.0. The van der Waals surface area contributed by atoms with Crippen LogP contribution in [0.15, 0.2) is 24.7 Å². The van der Waals surface area contributed by atoms with Gasteiger partial charge in [0.05, 0.1) is 29.6 Å². The van der Waals surface area contributed by atoms with Gasteiger partial charge in [0, 0.05) is 12.0 Å². The summed E-state index contributed by atoms with van der Waals surface area (Å²) >= 11 is 0. The van der Waals surface area contributed by atoms with Gasteiger partial charge in [-0.3, -0.25) is 9.20 Å². The van der Waals surface area contributed by atoms with E-state index in [4.69, 9.17) is 14.2 Å². The monoisotopic (exact) mass is 525 g/mol. The molecule has 5 rings (SSSR count). The number of fused-ring (bicyclic) bond motifs is 1. The number of rotatable bonds is 10. The number of esters is 1. The van der Waals surface area contributed by atoms with Gasteiger partial charge < -0.3 is 24.6 Å². The molecular formula is C27H35N5O6. The Morgan fingerprint density at radius 1 is 1.18 bits per heavy atom. The molecule has 0 aliphatic heterocycles. The zero-order chi connectivity index (χ0) is 26.9. The molecule has 11 heteroatoms. The van der Waals surface area contributed by atoms with E-state index in [1.807, 2.05) is 16.5 Å². The number of imidazole rings is 1. The van der Waals surface area contributed by atoms with Gasteiger partial charge in [-0.15, -0.1) is 0 Å². The van der Waals surface area contributed by atoms with E-state index in [1.54, 1.807) is 27.1 Å². The van der Waals surface area contributed by atoms with Gasteiger partial charge >= 0.3 is 5.97 Å². The molecule has 2 aliphatic carbocycles. The SMILES string of the molecule is CCOC(=O)c1cn[nH]c1O[C@H]1CC[C@H](NC(=O)c2ncn3c(C4CC4)c(OCC(C)(C)O)ccc23)CC1. The molecule has 1 amide bonds. The van der Waals surface area contributed by atoms with Crippen LogP contribution < -0.4 is 14.8 Å². The predicted octanol–water partition coefficient (Wildman–Crippen LogP) is 3.38. The first-order valence-corrected chi connectivity index (χ1v) is 13.3. The second kappa shape index (κ2) is 10.6. The molecule has 0 unspecified atom stereocenters. The van der Waals surface area contributed by atoms with Crippen LogP contribution in [-0.2, 0) is 4.74 Å². The summed E-state index contributed by atoms with van der Waals surface area (Å²) in [5, 5.41) is 19.9. The fraction of sp³-hybridized carbons (Fsp3) is 0.556. The number of carbonyl (C=O) groups is 2. The van der Waals surface area contributed by atoms with E-state index in [0.717, 1.165) is 49.7 Å². The van der Waals surface area contributed by atoms with Crippen LogP contribution in [0.3, 0.4) is 0 Å². The molecule has 11 nitrogen and oxygen atoms in total. The van der Waals surface area contributed by atoms with Gasteiger partial charge in [0.25, 0.3) is 5.91 Å². The molecule has 3 N–H and O–H groups in total. The number of aromatic nitrogens is 4. The first kappa shape index (κ1) is 26.0. The summed E-state index contributed by atoms with van der Waals surface area (Å²) in [5.74, 6) is 0.716. The smallest absolute Gasteiger partial charge is 0.345 e. The van der Waals surface area contributed by atoms with Gasteiger partial charge in [-0.25, -0.2) is 14.9 Å². The van der Waals surface area contributed by atoms with Crippen molar-refractivity contribution in [2.75, 3.05) is 13.2 Å². The third kappa shape index (κ3) is 5.77. The number of nitrogens with one attached hydrogen (secondary N) is 2. The molecule has 0 bridgehead atoms. The highest BCUT2D eigenvalue weighted by Gasteiger charge is 2.32. The highest BCUT2D eigenvalue weighted by atomic mass is 16.5. The van der Waals surface area contributed by atoms with E-state index in [1.165, 1.54) is 6.20 Å². The lowest BCUT2D eigenvalue weighted by Crippen LogP contribution is -2.40. The summed E-state index contributed by atoms with van der Waals surface area (Å²) in [6, 6.07) is 3.72. The summed E-state index contributed by atoms with van der Waals surface area (Å²) in [4.78, 5) is 29.7. The lowest BCUT2D eigenvalue weighted by atomic mass is 9.93. The highest BCUT2D eigenvalue weighted by molar-refractivity contribution is 5.99. The van der Waals surface area contributed by atoms with Crippen molar-refractivity contribution in [1.82, 2.24) is 24.9 Å². The Kier molecular flexibility index (Phi) is 7.29. The summed E-state index contributed by atoms with van der Waals surface area (Å²) in [5.41, 5.74) is 1.46. The fourth-order valence-corrected chi connectivity index (χ4v) is 4.84. The molecule has 0 atom stereocenters. The first-order valence-electron chi connectivity index (χ1n) is 13.3. The number of ether oxygens (including phenoxy) is 3. The number of hydrogen-bond donors (Lipinski definition) is 3. The van der Waals surface area contributed by atoms with Crippen molar-refractivity contribution in [3.05, 3.63) is 41.6 Å². The van der Waals surface area contributed by atoms with E-state index in [2.05, 4.69) is 20.5 Å². The van der Waals surface area contributed by atoms with Crippen molar-refractivity contribution in [1.29, 1.82) is 0 Å². The number of H-pyrrole nitrogens is 1. The van der Waals surface area contributed by atoms with Crippen molar-refractivity contribution in [3.63, 3.8) is 0 Å². The first-order chi connectivity index (χ1) is 18.2. The molecule has 3 heterocycles. The summed E-state index contributed by atoms with van der Waals surface area (Å²) < 4.78 is 18.9. The van der Waals surface area contributed by atoms with Crippen LogP contribution in [0.4, 0.5) is 0 Å². The number of carbonyl (C=O) groups excluding carboxylic acids is 2. The van der Waals surface area contributed by atoms with Crippen LogP contribution in [-0.4, -0.2) is 67.5 Å². The van der Waals surface area contributed by atoms with Gasteiger partial charge in [0.1, 0.15) is 30.4 Å². The molecule has 0 radical (unpaired) electrons. The van der Waals surface area contributed by atoms with Crippen LogP contribution in [0, 0.1) is 0 Å². The number of hydrogen-bond acceptors (Lipinski definition) is 8. The molecule has 3 aromatic heterocycles. The van der Waals surface area contributed by atoms with Gasteiger partial charge in [-0.1, -0.05) is 0 Å². The molecule has 0 saturated heterocycles. The van der Waals surface area contributed by atoms with Crippen LogP contribution >= 0.6 is 0 Å². The standard InChI is InChI=1S/C27H35N5O6/c1-4-36-26(34)19-13-29-31-25(19)38-18-9-7-17(8-10-18)30-24(33)22-20-11-12-21(37-14-27(2,3)35)23(16-5-6-16)32(20)15-28-22/h11-13,15-18,35H,4-10,14H2,1-3H3,(H,29,31)(H,30,33)/t17-,18-. The van der Waals surface area contributed by atoms with E-state index in [9.17, 15) is 14.7 Å². The Morgan fingerprint density at radius 3 is 2.63 bits per heavy atom. The molecule has 2 saturated carbocycles. The average Bonchev–Trinajstić information content (AvgIpc) is 3.45. The van der Waals surface area contributed by atoms with Crippen LogP contribution in [0.2, 0.25) is 0 Å². The molecule has 3 aromatic rings. The Bertz CT molecular complexity index is 1300. The molecule has 2 aliphatic rings. The molecule has 0 spiro atoms. The number of amides is 1. The topological polar surface area (TPSA) is 140 Å². The summed E-state index contributed by atoms with van der Waals surface area (Å²) in [7, 11) is 0. The van der Waals surface area contributed by atoms with E-state index in [0.29, 0.717) is 23.2 Å². The number of aliphatic hydroxyl groups is 1.